The Balaban J connectivity index is 1.75. The van der Waals surface area contributed by atoms with Crippen molar-refractivity contribution in [2.24, 2.45) is 0 Å². The molecule has 7 N–H and O–H groups in total. The van der Waals surface area contributed by atoms with Crippen molar-refractivity contribution in [1.29, 1.82) is 0 Å². The summed E-state index contributed by atoms with van der Waals surface area (Å²) in [5, 5.41) is 72.1. The van der Waals surface area contributed by atoms with E-state index in [4.69, 9.17) is 28.4 Å². The summed E-state index contributed by atoms with van der Waals surface area (Å²) in [7, 11) is 0. The Kier molecular flexibility index (Phi) is 36.8. The number of carbonyl (C=O) groups excluding carboxylic acids is 1. The molecule has 2 heterocycles. The Hall–Kier alpha value is -1.01. The Bertz CT molecular complexity index is 1090. The summed E-state index contributed by atoms with van der Waals surface area (Å²) < 4.78 is 34.3. The zero-order valence-electron chi connectivity index (χ0n) is 41.0. The van der Waals surface area contributed by atoms with E-state index in [1.807, 2.05) is 0 Å². The van der Waals surface area contributed by atoms with E-state index in [1.165, 1.54) is 154 Å². The SMILES string of the molecule is CCCCCCCCCCCCCCCCCCOCC(COC1OC(COC2OC(CO)C(O)C(O)C2O)C(O)C(O)C1O)OC(=O)CCCCCCCCCCCCCCCCC. The van der Waals surface area contributed by atoms with Gasteiger partial charge in [-0.2, -0.15) is 0 Å². The first-order valence-corrected chi connectivity index (χ1v) is 26.6. The summed E-state index contributed by atoms with van der Waals surface area (Å²) in [5.74, 6) is -0.370. The molecular formula is C51H98O14. The largest absolute Gasteiger partial charge is 0.457 e. The standard InChI is InChI=1S/C51H98O14/c1-3-5-7-9-11-13-15-17-19-21-23-25-27-29-31-33-35-60-37-40(63-43(53)34-32-30-28-26-24-22-20-18-16-14-12-10-8-6-4-2)38-61-50-49(59)47(57)45(55)42(65-50)39-62-51-48(58)46(56)44(54)41(36-52)64-51/h40-42,44-52,54-59H,3-39H2,1-2H3. The number of ether oxygens (including phenoxy) is 6. The fourth-order valence-electron chi connectivity index (χ4n) is 8.76. The van der Waals surface area contributed by atoms with E-state index in [0.29, 0.717) is 6.61 Å². The van der Waals surface area contributed by atoms with Gasteiger partial charge in [-0.15, -0.1) is 0 Å². The fourth-order valence-corrected chi connectivity index (χ4v) is 8.76. The van der Waals surface area contributed by atoms with E-state index in [-0.39, 0.29) is 25.6 Å². The van der Waals surface area contributed by atoms with Gasteiger partial charge in [-0.3, -0.25) is 4.79 Å². The topological polar surface area (TPSA) is 214 Å². The third-order valence-corrected chi connectivity index (χ3v) is 13.1. The van der Waals surface area contributed by atoms with Crippen molar-refractivity contribution >= 4 is 5.97 Å². The fraction of sp³-hybridized carbons (Fsp3) is 0.980. The Morgan fingerprint density at radius 3 is 1.25 bits per heavy atom. The van der Waals surface area contributed by atoms with Gasteiger partial charge in [0.25, 0.3) is 0 Å². The lowest BCUT2D eigenvalue weighted by Gasteiger charge is -2.42. The van der Waals surface area contributed by atoms with Gasteiger partial charge in [0.05, 0.1) is 26.4 Å². The zero-order chi connectivity index (χ0) is 47.3. The molecule has 0 amide bonds. The Morgan fingerprint density at radius 1 is 0.446 bits per heavy atom. The molecule has 2 aliphatic rings. The second-order valence-electron chi connectivity index (χ2n) is 19.1. The van der Waals surface area contributed by atoms with Crippen LogP contribution in [0.15, 0.2) is 0 Å². The second kappa shape index (κ2) is 39.8. The van der Waals surface area contributed by atoms with Gasteiger partial charge in [0, 0.05) is 13.0 Å². The smallest absolute Gasteiger partial charge is 0.306 e. The molecule has 386 valence electrons. The Morgan fingerprint density at radius 2 is 0.815 bits per heavy atom. The molecule has 0 saturated carbocycles. The summed E-state index contributed by atoms with van der Waals surface area (Å²) in [6.45, 7) is 3.74. The van der Waals surface area contributed by atoms with Crippen LogP contribution in [0.4, 0.5) is 0 Å². The van der Waals surface area contributed by atoms with E-state index in [0.717, 1.165) is 44.9 Å². The first-order chi connectivity index (χ1) is 31.6. The highest BCUT2D eigenvalue weighted by molar-refractivity contribution is 5.69. The van der Waals surface area contributed by atoms with Crippen molar-refractivity contribution in [3.8, 4) is 0 Å². The minimum absolute atomic E-state index is 0.0704. The number of carbonyl (C=O) groups is 1. The van der Waals surface area contributed by atoms with Crippen molar-refractivity contribution < 1.29 is 69.0 Å². The predicted octanol–water partition coefficient (Wildman–Crippen LogP) is 8.08. The van der Waals surface area contributed by atoms with Gasteiger partial charge in [-0.1, -0.05) is 200 Å². The third kappa shape index (κ3) is 27.7. The molecule has 2 fully saturated rings. The van der Waals surface area contributed by atoms with Gasteiger partial charge < -0.3 is 64.2 Å². The van der Waals surface area contributed by atoms with Gasteiger partial charge in [0.2, 0.25) is 0 Å². The van der Waals surface area contributed by atoms with Gasteiger partial charge >= 0.3 is 5.97 Å². The number of unbranched alkanes of at least 4 members (excludes halogenated alkanes) is 29. The molecular weight excluding hydrogens is 837 g/mol. The number of hydrogen-bond donors (Lipinski definition) is 7. The minimum atomic E-state index is -1.70. The predicted molar refractivity (Wildman–Crippen MR) is 252 cm³/mol. The van der Waals surface area contributed by atoms with Crippen LogP contribution in [0.5, 0.6) is 0 Å². The molecule has 2 saturated heterocycles. The normalized spacial score (nSPS) is 26.4. The highest BCUT2D eigenvalue weighted by Gasteiger charge is 2.47. The highest BCUT2D eigenvalue weighted by Crippen LogP contribution is 2.27. The lowest BCUT2D eigenvalue weighted by atomic mass is 9.98. The maximum Gasteiger partial charge on any atom is 0.306 e. The summed E-state index contributed by atoms with van der Waals surface area (Å²) in [6, 6.07) is 0. The molecule has 11 unspecified atom stereocenters. The molecule has 0 aromatic carbocycles. The molecule has 0 radical (unpaired) electrons. The zero-order valence-corrected chi connectivity index (χ0v) is 41.0. The molecule has 0 aromatic rings. The third-order valence-electron chi connectivity index (χ3n) is 13.1. The van der Waals surface area contributed by atoms with Crippen LogP contribution >= 0.6 is 0 Å². The van der Waals surface area contributed by atoms with Crippen LogP contribution in [0.2, 0.25) is 0 Å². The first-order valence-electron chi connectivity index (χ1n) is 26.6. The summed E-state index contributed by atoms with van der Waals surface area (Å²) in [5.41, 5.74) is 0. The number of rotatable bonds is 43. The second-order valence-corrected chi connectivity index (χ2v) is 19.1. The van der Waals surface area contributed by atoms with E-state index >= 15 is 0 Å². The summed E-state index contributed by atoms with van der Waals surface area (Å²) in [4.78, 5) is 13.0. The summed E-state index contributed by atoms with van der Waals surface area (Å²) in [6.07, 6.45) is 23.0. The average molecular weight is 935 g/mol. The molecule has 0 aliphatic carbocycles. The molecule has 2 rings (SSSR count). The lowest BCUT2D eigenvalue weighted by Crippen LogP contribution is -2.61. The van der Waals surface area contributed by atoms with Crippen LogP contribution < -0.4 is 0 Å². The molecule has 0 bridgehead atoms. The quantitative estimate of drug-likeness (QED) is 0.0228. The molecule has 0 spiro atoms. The molecule has 2 aliphatic heterocycles. The maximum atomic E-state index is 13.0. The van der Waals surface area contributed by atoms with Crippen LogP contribution in [0.3, 0.4) is 0 Å². The first kappa shape index (κ1) is 60.1. The van der Waals surface area contributed by atoms with Crippen LogP contribution in [0.1, 0.15) is 219 Å². The molecule has 14 heteroatoms. The monoisotopic (exact) mass is 935 g/mol. The molecule has 65 heavy (non-hydrogen) atoms. The van der Waals surface area contributed by atoms with Crippen molar-refractivity contribution in [3.63, 3.8) is 0 Å². The van der Waals surface area contributed by atoms with E-state index in [9.17, 15) is 40.5 Å². The van der Waals surface area contributed by atoms with E-state index in [2.05, 4.69) is 13.8 Å². The van der Waals surface area contributed by atoms with Crippen LogP contribution in [-0.4, -0.2) is 142 Å². The molecule has 14 nitrogen and oxygen atoms in total. The van der Waals surface area contributed by atoms with Gasteiger partial charge in [0.1, 0.15) is 54.9 Å². The van der Waals surface area contributed by atoms with Gasteiger partial charge in [0.15, 0.2) is 12.6 Å². The summed E-state index contributed by atoms with van der Waals surface area (Å²) >= 11 is 0. The highest BCUT2D eigenvalue weighted by atomic mass is 16.7. The molecule has 0 aromatic heterocycles. The number of hydrogen-bond acceptors (Lipinski definition) is 14. The molecule has 11 atom stereocenters. The van der Waals surface area contributed by atoms with E-state index in [1.54, 1.807) is 0 Å². The Labute approximate surface area is 393 Å². The van der Waals surface area contributed by atoms with Gasteiger partial charge in [-0.05, 0) is 12.8 Å². The maximum absolute atomic E-state index is 13.0. The van der Waals surface area contributed by atoms with Crippen molar-refractivity contribution in [2.45, 2.75) is 287 Å². The van der Waals surface area contributed by atoms with Gasteiger partial charge in [-0.25, -0.2) is 0 Å². The van der Waals surface area contributed by atoms with Crippen LogP contribution in [-0.2, 0) is 33.2 Å². The van der Waals surface area contributed by atoms with Crippen molar-refractivity contribution in [3.05, 3.63) is 0 Å². The van der Waals surface area contributed by atoms with Crippen LogP contribution in [0, 0.1) is 0 Å². The van der Waals surface area contributed by atoms with Crippen molar-refractivity contribution in [1.82, 2.24) is 0 Å². The average Bonchev–Trinajstić information content (AvgIpc) is 3.30. The number of aliphatic hydroxyl groups is 7. The lowest BCUT2D eigenvalue weighted by molar-refractivity contribution is -0.332. The number of aliphatic hydroxyl groups excluding tert-OH is 7. The van der Waals surface area contributed by atoms with E-state index < -0.39 is 80.7 Å². The van der Waals surface area contributed by atoms with Crippen molar-refractivity contribution in [2.75, 3.05) is 33.0 Å². The number of esters is 1. The minimum Gasteiger partial charge on any atom is -0.457 e. The van der Waals surface area contributed by atoms with Crippen LogP contribution in [0.25, 0.3) is 0 Å².